The topological polar surface area (TPSA) is 78.9 Å². The molecule has 0 fully saturated rings. The molecule has 1 atom stereocenters. The number of carbonyl (C=O) groups is 3. The number of hydrogen-bond donors (Lipinski definition) is 0. The molecule has 0 bridgehead atoms. The van der Waals surface area contributed by atoms with E-state index in [0.717, 1.165) is 103 Å². The zero-order valence-electron chi connectivity index (χ0n) is 39.8. The summed E-state index contributed by atoms with van der Waals surface area (Å²) in [5.74, 6) is -1.19. The van der Waals surface area contributed by atoms with Crippen LogP contribution in [0, 0.1) is 0 Å². The second-order valence-corrected chi connectivity index (χ2v) is 15.3. The van der Waals surface area contributed by atoms with Crippen LogP contribution in [0.3, 0.4) is 0 Å². The van der Waals surface area contributed by atoms with E-state index in [1.54, 1.807) is 6.08 Å². The van der Waals surface area contributed by atoms with Crippen LogP contribution in [0.1, 0.15) is 175 Å². The number of hydrogen-bond acceptors (Lipinski definition) is 6. The first-order valence-electron chi connectivity index (χ1n) is 24.3. The minimum Gasteiger partial charge on any atom is -0.462 e. The fraction of sp³-hybridized carbons (Fsp3) is 0.526. The first kappa shape index (κ1) is 58.3. The van der Waals surface area contributed by atoms with Gasteiger partial charge in [0, 0.05) is 12.8 Å². The molecule has 0 aromatic heterocycles. The van der Waals surface area contributed by atoms with Crippen LogP contribution in [-0.4, -0.2) is 37.2 Å². The zero-order valence-corrected chi connectivity index (χ0v) is 39.8. The number of unbranched alkanes of at least 4 members (excludes halogenated alkanes) is 7. The highest BCUT2D eigenvalue weighted by molar-refractivity contribution is 5.72. The minimum absolute atomic E-state index is 0.0725. The van der Waals surface area contributed by atoms with E-state index in [1.807, 2.05) is 18.2 Å². The molecule has 0 saturated carbocycles. The van der Waals surface area contributed by atoms with Crippen molar-refractivity contribution in [1.29, 1.82) is 0 Å². The van der Waals surface area contributed by atoms with Crippen molar-refractivity contribution in [3.05, 3.63) is 146 Å². The van der Waals surface area contributed by atoms with E-state index in [4.69, 9.17) is 14.2 Å². The lowest BCUT2D eigenvalue weighted by Crippen LogP contribution is -2.30. The summed E-state index contributed by atoms with van der Waals surface area (Å²) < 4.78 is 16.5. The van der Waals surface area contributed by atoms with E-state index in [0.29, 0.717) is 19.3 Å². The summed E-state index contributed by atoms with van der Waals surface area (Å²) >= 11 is 0. The van der Waals surface area contributed by atoms with Crippen LogP contribution in [0.5, 0.6) is 0 Å². The molecule has 0 radical (unpaired) electrons. The third kappa shape index (κ3) is 48.2. The summed E-state index contributed by atoms with van der Waals surface area (Å²) in [6.45, 7) is 6.17. The van der Waals surface area contributed by atoms with Gasteiger partial charge in [0.05, 0.1) is 6.42 Å². The number of allylic oxidation sites excluding steroid dienone is 23. The van der Waals surface area contributed by atoms with Gasteiger partial charge in [-0.25, -0.2) is 0 Å². The lowest BCUT2D eigenvalue weighted by Gasteiger charge is -2.18. The first-order chi connectivity index (χ1) is 31.0. The van der Waals surface area contributed by atoms with Crippen LogP contribution in [-0.2, 0) is 28.6 Å². The van der Waals surface area contributed by atoms with Crippen LogP contribution in [0.15, 0.2) is 146 Å². The number of rotatable bonds is 41. The lowest BCUT2D eigenvalue weighted by molar-refractivity contribution is -0.166. The summed E-state index contributed by atoms with van der Waals surface area (Å²) in [6.07, 6.45) is 71.5. The Kier molecular flexibility index (Phi) is 46.2. The van der Waals surface area contributed by atoms with E-state index in [1.165, 1.54) is 19.3 Å². The van der Waals surface area contributed by atoms with E-state index in [-0.39, 0.29) is 32.0 Å². The second-order valence-electron chi connectivity index (χ2n) is 15.3. The Hall–Kier alpha value is -4.71. The van der Waals surface area contributed by atoms with Gasteiger partial charge in [-0.05, 0) is 103 Å². The highest BCUT2D eigenvalue weighted by atomic mass is 16.6. The zero-order chi connectivity index (χ0) is 45.8. The average Bonchev–Trinajstić information content (AvgIpc) is 3.28. The van der Waals surface area contributed by atoms with E-state index in [9.17, 15) is 14.4 Å². The maximum Gasteiger partial charge on any atom is 0.310 e. The van der Waals surface area contributed by atoms with E-state index in [2.05, 4.69) is 142 Å². The summed E-state index contributed by atoms with van der Waals surface area (Å²) in [5, 5.41) is 0. The Morgan fingerprint density at radius 2 is 0.698 bits per heavy atom. The van der Waals surface area contributed by atoms with Crippen molar-refractivity contribution >= 4 is 17.9 Å². The second kappa shape index (κ2) is 49.9. The molecule has 0 N–H and O–H groups in total. The van der Waals surface area contributed by atoms with Crippen molar-refractivity contribution < 1.29 is 28.6 Å². The molecule has 0 aliphatic carbocycles. The van der Waals surface area contributed by atoms with Crippen molar-refractivity contribution in [2.45, 2.75) is 181 Å². The van der Waals surface area contributed by atoms with Crippen molar-refractivity contribution in [2.24, 2.45) is 0 Å². The van der Waals surface area contributed by atoms with Gasteiger partial charge in [-0.2, -0.15) is 0 Å². The van der Waals surface area contributed by atoms with Gasteiger partial charge >= 0.3 is 17.9 Å². The smallest absolute Gasteiger partial charge is 0.310 e. The molecule has 0 aromatic carbocycles. The van der Waals surface area contributed by atoms with E-state index >= 15 is 0 Å². The standard InChI is InChI=1S/C57H86O6/c1-4-7-10-13-16-19-22-24-26-27-28-29-31-32-35-38-41-44-47-50-56(59)62-53-54(52-61-55(58)49-46-43-40-37-34-21-18-15-12-9-6-3)63-57(60)51-48-45-42-39-36-33-30-25-23-20-17-14-11-8-5-2/h7-8,10-11,15-20,24-26,28-30,32,35-36,39,41,44-45,48,54H,4-6,9,12-14,21-23,27,31,33-34,37-38,40,42-43,46-47,49-53H2,1-3H3/b10-7-,11-8-,18-15-,19-16-,20-17-,26-24-,29-28-,30-25-,35-32-,39-36-,44-41-,48-45-. The molecule has 0 heterocycles. The van der Waals surface area contributed by atoms with E-state index < -0.39 is 18.0 Å². The number of carbonyl (C=O) groups excluding carboxylic acids is 3. The highest BCUT2D eigenvalue weighted by Gasteiger charge is 2.19. The summed E-state index contributed by atoms with van der Waals surface area (Å²) in [7, 11) is 0. The third-order valence-electron chi connectivity index (χ3n) is 9.36. The predicted molar refractivity (Wildman–Crippen MR) is 269 cm³/mol. The fourth-order valence-electron chi connectivity index (χ4n) is 5.76. The van der Waals surface area contributed by atoms with Gasteiger partial charge in [0.15, 0.2) is 6.10 Å². The number of esters is 3. The maximum atomic E-state index is 12.7. The molecule has 63 heavy (non-hydrogen) atoms. The largest absolute Gasteiger partial charge is 0.462 e. The average molecular weight is 867 g/mol. The quantitative estimate of drug-likeness (QED) is 0.0264. The van der Waals surface area contributed by atoms with Gasteiger partial charge in [0.25, 0.3) is 0 Å². The monoisotopic (exact) mass is 867 g/mol. The van der Waals surface area contributed by atoms with Gasteiger partial charge in [0.1, 0.15) is 13.2 Å². The summed E-state index contributed by atoms with van der Waals surface area (Å²) in [5.41, 5.74) is 0. The Bertz CT molecular complexity index is 1460. The molecule has 0 aliphatic rings. The van der Waals surface area contributed by atoms with Crippen LogP contribution in [0.25, 0.3) is 0 Å². The van der Waals surface area contributed by atoms with Crippen molar-refractivity contribution in [3.8, 4) is 0 Å². The van der Waals surface area contributed by atoms with Crippen LogP contribution in [0.2, 0.25) is 0 Å². The molecule has 0 aliphatic heterocycles. The Morgan fingerprint density at radius 1 is 0.349 bits per heavy atom. The molecule has 6 nitrogen and oxygen atoms in total. The Morgan fingerprint density at radius 3 is 1.14 bits per heavy atom. The Balaban J connectivity index is 4.65. The van der Waals surface area contributed by atoms with Crippen molar-refractivity contribution in [2.75, 3.05) is 13.2 Å². The molecule has 350 valence electrons. The molecular formula is C57H86O6. The van der Waals surface area contributed by atoms with Crippen LogP contribution in [0.4, 0.5) is 0 Å². The maximum absolute atomic E-state index is 12.7. The molecular weight excluding hydrogens is 781 g/mol. The van der Waals surface area contributed by atoms with Gasteiger partial charge in [-0.15, -0.1) is 0 Å². The van der Waals surface area contributed by atoms with Crippen LogP contribution < -0.4 is 0 Å². The molecule has 0 amide bonds. The molecule has 0 spiro atoms. The minimum atomic E-state index is -0.871. The summed E-state index contributed by atoms with van der Waals surface area (Å²) in [4.78, 5) is 37.8. The molecule has 0 aromatic rings. The molecule has 1 unspecified atom stereocenters. The third-order valence-corrected chi connectivity index (χ3v) is 9.36. The molecule has 0 rings (SSSR count). The van der Waals surface area contributed by atoms with Gasteiger partial charge in [-0.1, -0.05) is 199 Å². The lowest BCUT2D eigenvalue weighted by atomic mass is 10.1. The number of ether oxygens (including phenoxy) is 3. The fourth-order valence-corrected chi connectivity index (χ4v) is 5.76. The van der Waals surface area contributed by atoms with Crippen molar-refractivity contribution in [3.63, 3.8) is 0 Å². The van der Waals surface area contributed by atoms with Crippen LogP contribution >= 0.6 is 0 Å². The normalized spacial score (nSPS) is 13.4. The first-order valence-corrected chi connectivity index (χ1v) is 24.3. The summed E-state index contributed by atoms with van der Waals surface area (Å²) in [6, 6.07) is 0. The Labute approximate surface area is 385 Å². The molecule has 6 heteroatoms. The van der Waals surface area contributed by atoms with Gasteiger partial charge < -0.3 is 14.2 Å². The van der Waals surface area contributed by atoms with Gasteiger partial charge in [0.2, 0.25) is 0 Å². The molecule has 0 saturated heterocycles. The predicted octanol–water partition coefficient (Wildman–Crippen LogP) is 16.1. The highest BCUT2D eigenvalue weighted by Crippen LogP contribution is 2.10. The van der Waals surface area contributed by atoms with Gasteiger partial charge in [-0.3, -0.25) is 14.4 Å². The van der Waals surface area contributed by atoms with Crippen molar-refractivity contribution in [1.82, 2.24) is 0 Å². The SMILES string of the molecule is CC/C=C\C/C=C\C/C=C\C/C=C\C/C=C\C/C=C\CCC(=O)OCC(COC(=O)CCCCCCC/C=C\CCCC)OC(=O)C/C=C\C/C=C\C/C=C\C/C=C\C/C=C\CC.